The number of rotatable bonds is 6. The van der Waals surface area contributed by atoms with Crippen LogP contribution in [0.4, 0.5) is 5.69 Å². The molecule has 3 heterocycles. The molecule has 0 radical (unpaired) electrons. The van der Waals surface area contributed by atoms with Crippen LogP contribution in [0, 0.1) is 5.92 Å². The van der Waals surface area contributed by atoms with Crippen molar-refractivity contribution in [3.8, 4) is 0 Å². The molecule has 2 aliphatic rings. The Labute approximate surface area is 186 Å². The summed E-state index contributed by atoms with van der Waals surface area (Å²) in [5.41, 5.74) is 1.01. The first-order chi connectivity index (χ1) is 15.1. The van der Waals surface area contributed by atoms with Crippen molar-refractivity contribution >= 4 is 34.7 Å². The van der Waals surface area contributed by atoms with Crippen molar-refractivity contribution in [1.29, 1.82) is 0 Å². The van der Waals surface area contributed by atoms with E-state index in [0.717, 1.165) is 6.42 Å². The Morgan fingerprint density at radius 1 is 1.00 bits per heavy atom. The first kappa shape index (κ1) is 21.5. The van der Waals surface area contributed by atoms with E-state index in [0.29, 0.717) is 54.6 Å². The predicted octanol–water partition coefficient (Wildman–Crippen LogP) is 3.65. The lowest BCUT2D eigenvalue weighted by atomic mass is 10.0. The smallest absolute Gasteiger partial charge is 0.266 e. The van der Waals surface area contributed by atoms with Gasteiger partial charge in [0.05, 0.1) is 5.69 Å². The molecule has 2 aromatic rings. The molecule has 1 N–H and O–H groups in total. The van der Waals surface area contributed by atoms with Gasteiger partial charge in [0.2, 0.25) is 5.91 Å². The molecular formula is C23H28N4O3S. The lowest BCUT2D eigenvalue weighted by Crippen LogP contribution is -2.50. The van der Waals surface area contributed by atoms with Crippen molar-refractivity contribution in [2.75, 3.05) is 31.5 Å². The number of pyridine rings is 1. The molecule has 0 bridgehead atoms. The molecule has 4 rings (SSSR count). The summed E-state index contributed by atoms with van der Waals surface area (Å²) in [6.45, 7) is 2.17. The third-order valence-electron chi connectivity index (χ3n) is 6.21. The second-order valence-corrected chi connectivity index (χ2v) is 9.13. The number of aromatic nitrogens is 1. The van der Waals surface area contributed by atoms with Crippen molar-refractivity contribution in [2.45, 2.75) is 38.5 Å². The molecular weight excluding hydrogens is 412 g/mol. The molecule has 31 heavy (non-hydrogen) atoms. The Hall–Kier alpha value is -2.74. The maximum absolute atomic E-state index is 13.0. The summed E-state index contributed by atoms with van der Waals surface area (Å²) < 4.78 is 0. The molecule has 164 valence electrons. The van der Waals surface area contributed by atoms with Gasteiger partial charge in [-0.05, 0) is 35.9 Å². The van der Waals surface area contributed by atoms with Gasteiger partial charge in [0.25, 0.3) is 11.8 Å². The average Bonchev–Trinajstić information content (AvgIpc) is 3.50. The zero-order valence-corrected chi connectivity index (χ0v) is 18.4. The first-order valence-corrected chi connectivity index (χ1v) is 11.9. The summed E-state index contributed by atoms with van der Waals surface area (Å²) in [6, 6.07) is 5.01. The average molecular weight is 441 g/mol. The van der Waals surface area contributed by atoms with Crippen LogP contribution >= 0.6 is 11.3 Å². The number of anilines is 1. The van der Waals surface area contributed by atoms with Crippen molar-refractivity contribution in [3.63, 3.8) is 0 Å². The molecule has 2 aromatic heterocycles. The summed E-state index contributed by atoms with van der Waals surface area (Å²) in [7, 11) is 0. The van der Waals surface area contributed by atoms with E-state index in [1.165, 1.54) is 37.0 Å². The number of thiophene rings is 1. The van der Waals surface area contributed by atoms with Gasteiger partial charge in [-0.2, -0.15) is 0 Å². The highest BCUT2D eigenvalue weighted by molar-refractivity contribution is 7.12. The zero-order valence-electron chi connectivity index (χ0n) is 17.6. The summed E-state index contributed by atoms with van der Waals surface area (Å²) in [5, 5.41) is 4.63. The fourth-order valence-corrected chi connectivity index (χ4v) is 5.17. The Morgan fingerprint density at radius 3 is 2.39 bits per heavy atom. The molecule has 1 saturated heterocycles. The Kier molecular flexibility index (Phi) is 6.96. The molecule has 1 saturated carbocycles. The first-order valence-electron chi connectivity index (χ1n) is 11.0. The van der Waals surface area contributed by atoms with Crippen LogP contribution in [-0.4, -0.2) is 58.7 Å². The fraction of sp³-hybridized carbons (Fsp3) is 0.478. The van der Waals surface area contributed by atoms with E-state index in [1.54, 1.807) is 40.9 Å². The highest BCUT2D eigenvalue weighted by Crippen LogP contribution is 2.29. The van der Waals surface area contributed by atoms with E-state index in [-0.39, 0.29) is 17.7 Å². The highest BCUT2D eigenvalue weighted by Gasteiger charge is 2.27. The summed E-state index contributed by atoms with van der Waals surface area (Å²) in [6.07, 6.45) is 9.85. The SMILES string of the molecule is O=C(Nc1ccsc1C(=O)N1CCN(C(=O)CCC2CCCC2)CC1)c1ccncc1. The number of nitrogens with zero attached hydrogens (tertiary/aromatic N) is 3. The molecule has 0 aromatic carbocycles. The molecule has 1 aliphatic carbocycles. The van der Waals surface area contributed by atoms with E-state index in [2.05, 4.69) is 10.3 Å². The van der Waals surface area contributed by atoms with Gasteiger partial charge in [0.15, 0.2) is 0 Å². The maximum Gasteiger partial charge on any atom is 0.266 e. The normalized spacial score (nSPS) is 17.0. The van der Waals surface area contributed by atoms with Gasteiger partial charge in [-0.25, -0.2) is 0 Å². The van der Waals surface area contributed by atoms with Gasteiger partial charge in [-0.15, -0.1) is 11.3 Å². The van der Waals surface area contributed by atoms with Crippen molar-refractivity contribution < 1.29 is 14.4 Å². The second-order valence-electron chi connectivity index (χ2n) is 8.22. The monoisotopic (exact) mass is 440 g/mol. The minimum atomic E-state index is -0.271. The number of amides is 3. The molecule has 3 amide bonds. The predicted molar refractivity (Wildman–Crippen MR) is 120 cm³/mol. The molecule has 0 spiro atoms. The zero-order chi connectivity index (χ0) is 21.6. The molecule has 8 heteroatoms. The summed E-state index contributed by atoms with van der Waals surface area (Å²) >= 11 is 1.32. The van der Waals surface area contributed by atoms with E-state index in [4.69, 9.17) is 0 Å². The van der Waals surface area contributed by atoms with Crippen LogP contribution in [0.5, 0.6) is 0 Å². The van der Waals surface area contributed by atoms with Gasteiger partial charge in [-0.3, -0.25) is 19.4 Å². The number of hydrogen-bond donors (Lipinski definition) is 1. The van der Waals surface area contributed by atoms with Crippen LogP contribution in [0.2, 0.25) is 0 Å². The lowest BCUT2D eigenvalue weighted by molar-refractivity contribution is -0.133. The number of piperazine rings is 1. The van der Waals surface area contributed by atoms with E-state index in [9.17, 15) is 14.4 Å². The van der Waals surface area contributed by atoms with Gasteiger partial charge in [0.1, 0.15) is 4.88 Å². The van der Waals surface area contributed by atoms with Gasteiger partial charge >= 0.3 is 0 Å². The minimum absolute atomic E-state index is 0.0990. The highest BCUT2D eigenvalue weighted by atomic mass is 32.1. The van der Waals surface area contributed by atoms with Crippen LogP contribution in [0.15, 0.2) is 36.0 Å². The minimum Gasteiger partial charge on any atom is -0.339 e. The lowest BCUT2D eigenvalue weighted by Gasteiger charge is -2.35. The van der Waals surface area contributed by atoms with Crippen LogP contribution < -0.4 is 5.32 Å². The molecule has 0 atom stereocenters. The second kappa shape index (κ2) is 10.0. The van der Waals surface area contributed by atoms with Crippen LogP contribution in [0.1, 0.15) is 58.6 Å². The van der Waals surface area contributed by atoms with Gasteiger partial charge < -0.3 is 15.1 Å². The standard InChI is InChI=1S/C23H28N4O3S/c28-20(6-5-17-3-1-2-4-17)26-12-14-27(15-13-26)23(30)21-19(9-16-31-21)25-22(29)18-7-10-24-11-8-18/h7-11,16-17H,1-6,12-15H2,(H,25,29). The van der Waals surface area contributed by atoms with E-state index < -0.39 is 0 Å². The number of carbonyl (C=O) groups is 3. The Morgan fingerprint density at radius 2 is 1.68 bits per heavy atom. The topological polar surface area (TPSA) is 82.6 Å². The molecule has 0 unspecified atom stereocenters. The maximum atomic E-state index is 13.0. The van der Waals surface area contributed by atoms with Crippen molar-refractivity contribution in [3.05, 3.63) is 46.4 Å². The Balaban J connectivity index is 1.29. The van der Waals surface area contributed by atoms with Crippen molar-refractivity contribution in [1.82, 2.24) is 14.8 Å². The van der Waals surface area contributed by atoms with Crippen molar-refractivity contribution in [2.24, 2.45) is 5.92 Å². The van der Waals surface area contributed by atoms with Gasteiger partial charge in [0, 0.05) is 50.6 Å². The number of nitrogens with one attached hydrogen (secondary N) is 1. The third-order valence-corrected chi connectivity index (χ3v) is 7.11. The van der Waals surface area contributed by atoms with Crippen LogP contribution in [-0.2, 0) is 4.79 Å². The number of carbonyl (C=O) groups excluding carboxylic acids is 3. The van der Waals surface area contributed by atoms with E-state index in [1.807, 2.05) is 4.90 Å². The third kappa shape index (κ3) is 5.31. The van der Waals surface area contributed by atoms with Crippen LogP contribution in [0.3, 0.4) is 0 Å². The molecule has 1 aliphatic heterocycles. The fourth-order valence-electron chi connectivity index (χ4n) is 4.36. The summed E-state index contributed by atoms with van der Waals surface area (Å²) in [4.78, 5) is 46.1. The van der Waals surface area contributed by atoms with Crippen LogP contribution in [0.25, 0.3) is 0 Å². The number of hydrogen-bond acceptors (Lipinski definition) is 5. The molecule has 2 fully saturated rings. The quantitative estimate of drug-likeness (QED) is 0.743. The van der Waals surface area contributed by atoms with E-state index >= 15 is 0 Å². The molecule has 7 nitrogen and oxygen atoms in total. The van der Waals surface area contributed by atoms with Gasteiger partial charge in [-0.1, -0.05) is 25.7 Å². The largest absolute Gasteiger partial charge is 0.339 e. The Bertz CT molecular complexity index is 916. The summed E-state index contributed by atoms with van der Waals surface area (Å²) in [5.74, 6) is 0.553.